The Balaban J connectivity index is 3.00. The summed E-state index contributed by atoms with van der Waals surface area (Å²) >= 11 is 3.32. The second-order valence-corrected chi connectivity index (χ2v) is 3.54. The van der Waals surface area contributed by atoms with Crippen LogP contribution in [0.4, 0.5) is 5.69 Å². The normalized spacial score (nSPS) is 11.4. The first-order valence-corrected chi connectivity index (χ1v) is 5.23. The van der Waals surface area contributed by atoms with Crippen LogP contribution in [0.3, 0.4) is 0 Å². The second kappa shape index (κ2) is 4.91. The molecule has 1 aromatic rings. The van der Waals surface area contributed by atoms with E-state index in [0.29, 0.717) is 0 Å². The summed E-state index contributed by atoms with van der Waals surface area (Å²) in [4.78, 5) is 10.1. The van der Waals surface area contributed by atoms with Gasteiger partial charge in [0.2, 0.25) is 0 Å². The van der Waals surface area contributed by atoms with Gasteiger partial charge in [-0.05, 0) is 12.5 Å². The maximum Gasteiger partial charge on any atom is 0.270 e. The zero-order valence-corrected chi connectivity index (χ0v) is 9.32. The smallest absolute Gasteiger partial charge is 0.258 e. The summed E-state index contributed by atoms with van der Waals surface area (Å²) in [6.45, 7) is 1.97. The summed E-state index contributed by atoms with van der Waals surface area (Å²) in [5, 5.41) is 11.3. The molecule has 3 nitrogen and oxygen atoms in total. The molecule has 1 rings (SSSR count). The van der Waals surface area contributed by atoms with Crippen LogP contribution in [0.1, 0.15) is 12.5 Å². The lowest BCUT2D eigenvalue weighted by molar-refractivity contribution is -0.384. The van der Waals surface area contributed by atoms with Crippen molar-refractivity contribution < 1.29 is 4.92 Å². The highest BCUT2D eigenvalue weighted by atomic mass is 79.9. The minimum atomic E-state index is -0.388. The molecule has 0 aliphatic carbocycles. The van der Waals surface area contributed by atoms with Crippen molar-refractivity contribution in [3.8, 4) is 0 Å². The van der Waals surface area contributed by atoms with Crippen LogP contribution >= 0.6 is 15.9 Å². The maximum absolute atomic E-state index is 10.5. The van der Waals surface area contributed by atoms with Crippen molar-refractivity contribution in [1.29, 1.82) is 0 Å². The van der Waals surface area contributed by atoms with Gasteiger partial charge in [-0.25, -0.2) is 0 Å². The van der Waals surface area contributed by atoms with Crippen molar-refractivity contribution in [3.63, 3.8) is 0 Å². The molecule has 0 aliphatic rings. The standard InChI is InChI=1S/C10H10BrNO2/c1-8(7-11)5-9-3-2-4-10(6-9)12(13)14/h2-6H,7H2,1H3. The molecule has 0 heterocycles. The molecular weight excluding hydrogens is 246 g/mol. The Kier molecular flexibility index (Phi) is 3.83. The Morgan fingerprint density at radius 3 is 2.93 bits per heavy atom. The second-order valence-electron chi connectivity index (χ2n) is 2.98. The van der Waals surface area contributed by atoms with Gasteiger partial charge in [-0.3, -0.25) is 10.1 Å². The number of alkyl halides is 1. The minimum Gasteiger partial charge on any atom is -0.258 e. The first-order chi connectivity index (χ1) is 6.63. The quantitative estimate of drug-likeness (QED) is 0.472. The summed E-state index contributed by atoms with van der Waals surface area (Å²) in [7, 11) is 0. The fraction of sp³-hybridized carbons (Fsp3) is 0.200. The van der Waals surface area contributed by atoms with Gasteiger partial charge in [0, 0.05) is 17.5 Å². The van der Waals surface area contributed by atoms with Crippen LogP contribution in [0, 0.1) is 10.1 Å². The van der Waals surface area contributed by atoms with Crippen LogP contribution in [0.15, 0.2) is 29.8 Å². The summed E-state index contributed by atoms with van der Waals surface area (Å²) in [6, 6.07) is 6.58. The van der Waals surface area contributed by atoms with E-state index >= 15 is 0 Å². The summed E-state index contributed by atoms with van der Waals surface area (Å²) < 4.78 is 0. The Bertz CT molecular complexity index is 374. The Hall–Kier alpha value is -1.16. The molecule has 0 fully saturated rings. The SMILES string of the molecule is CC(=Cc1cccc([N+](=O)[O-])c1)CBr. The van der Waals surface area contributed by atoms with E-state index in [1.165, 1.54) is 6.07 Å². The van der Waals surface area contributed by atoms with Gasteiger partial charge in [-0.1, -0.05) is 39.7 Å². The summed E-state index contributed by atoms with van der Waals surface area (Å²) in [6.07, 6.45) is 1.92. The zero-order valence-electron chi connectivity index (χ0n) is 7.74. The van der Waals surface area contributed by atoms with Crippen molar-refractivity contribution in [1.82, 2.24) is 0 Å². The fourth-order valence-corrected chi connectivity index (χ4v) is 1.21. The predicted octanol–water partition coefficient (Wildman–Crippen LogP) is 3.39. The molecule has 0 atom stereocenters. The van der Waals surface area contributed by atoms with E-state index in [-0.39, 0.29) is 10.6 Å². The molecule has 14 heavy (non-hydrogen) atoms. The van der Waals surface area contributed by atoms with Gasteiger partial charge in [-0.2, -0.15) is 0 Å². The first kappa shape index (κ1) is 10.9. The molecule has 0 radical (unpaired) electrons. The molecule has 74 valence electrons. The van der Waals surface area contributed by atoms with E-state index in [4.69, 9.17) is 0 Å². The van der Waals surface area contributed by atoms with Gasteiger partial charge >= 0.3 is 0 Å². The lowest BCUT2D eigenvalue weighted by Crippen LogP contribution is -1.87. The molecule has 1 aromatic carbocycles. The van der Waals surface area contributed by atoms with E-state index in [1.54, 1.807) is 12.1 Å². The third-order valence-electron chi connectivity index (χ3n) is 1.70. The molecule has 0 amide bonds. The molecule has 0 unspecified atom stereocenters. The van der Waals surface area contributed by atoms with Crippen molar-refractivity contribution in [2.45, 2.75) is 6.92 Å². The van der Waals surface area contributed by atoms with Crippen molar-refractivity contribution in [3.05, 3.63) is 45.5 Å². The topological polar surface area (TPSA) is 43.1 Å². The molecule has 0 spiro atoms. The van der Waals surface area contributed by atoms with Crippen LogP contribution in [0.2, 0.25) is 0 Å². The van der Waals surface area contributed by atoms with Crippen LogP contribution in [0.5, 0.6) is 0 Å². The van der Waals surface area contributed by atoms with Crippen molar-refractivity contribution >= 4 is 27.7 Å². The number of non-ortho nitro benzene ring substituents is 1. The van der Waals surface area contributed by atoms with Gasteiger partial charge in [0.15, 0.2) is 0 Å². The zero-order chi connectivity index (χ0) is 10.6. The van der Waals surface area contributed by atoms with Gasteiger partial charge < -0.3 is 0 Å². The molecular formula is C10H10BrNO2. The van der Waals surface area contributed by atoms with E-state index in [2.05, 4.69) is 15.9 Å². The van der Waals surface area contributed by atoms with E-state index in [9.17, 15) is 10.1 Å². The monoisotopic (exact) mass is 255 g/mol. The molecule has 0 N–H and O–H groups in total. The van der Waals surface area contributed by atoms with Gasteiger partial charge in [0.25, 0.3) is 5.69 Å². The number of nitro groups is 1. The molecule has 0 saturated heterocycles. The van der Waals surface area contributed by atoms with Crippen molar-refractivity contribution in [2.75, 3.05) is 5.33 Å². The summed E-state index contributed by atoms with van der Waals surface area (Å²) in [5.41, 5.74) is 2.11. The number of benzene rings is 1. The van der Waals surface area contributed by atoms with E-state index in [1.807, 2.05) is 19.1 Å². The Morgan fingerprint density at radius 2 is 2.36 bits per heavy atom. The summed E-state index contributed by atoms with van der Waals surface area (Å²) in [5.74, 6) is 0. The number of halogens is 1. The predicted molar refractivity (Wildman–Crippen MR) is 60.5 cm³/mol. The van der Waals surface area contributed by atoms with Gasteiger partial charge in [0.05, 0.1) is 4.92 Å². The number of rotatable bonds is 3. The molecule has 0 aromatic heterocycles. The largest absolute Gasteiger partial charge is 0.270 e. The number of hydrogen-bond acceptors (Lipinski definition) is 2. The van der Waals surface area contributed by atoms with Gasteiger partial charge in [0.1, 0.15) is 0 Å². The van der Waals surface area contributed by atoms with Crippen LogP contribution < -0.4 is 0 Å². The lowest BCUT2D eigenvalue weighted by Gasteiger charge is -1.96. The van der Waals surface area contributed by atoms with E-state index in [0.717, 1.165) is 16.5 Å². The maximum atomic E-state index is 10.5. The molecule has 0 saturated carbocycles. The highest BCUT2D eigenvalue weighted by Crippen LogP contribution is 2.15. The minimum absolute atomic E-state index is 0.126. The Morgan fingerprint density at radius 1 is 1.64 bits per heavy atom. The van der Waals surface area contributed by atoms with Crippen molar-refractivity contribution in [2.24, 2.45) is 0 Å². The number of allylic oxidation sites excluding steroid dienone is 1. The fourth-order valence-electron chi connectivity index (χ4n) is 1.05. The average molecular weight is 256 g/mol. The lowest BCUT2D eigenvalue weighted by atomic mass is 10.1. The Labute approximate surface area is 90.7 Å². The van der Waals surface area contributed by atoms with Crippen LogP contribution in [0.25, 0.3) is 6.08 Å². The molecule has 0 aliphatic heterocycles. The third-order valence-corrected chi connectivity index (χ3v) is 2.59. The number of hydrogen-bond donors (Lipinski definition) is 0. The average Bonchev–Trinajstić information content (AvgIpc) is 2.18. The van der Waals surface area contributed by atoms with Crippen LogP contribution in [-0.4, -0.2) is 10.3 Å². The molecule has 4 heteroatoms. The van der Waals surface area contributed by atoms with Gasteiger partial charge in [-0.15, -0.1) is 0 Å². The highest BCUT2D eigenvalue weighted by Gasteiger charge is 2.03. The molecule has 0 bridgehead atoms. The van der Waals surface area contributed by atoms with Crippen LogP contribution in [-0.2, 0) is 0 Å². The first-order valence-electron chi connectivity index (χ1n) is 4.11. The number of nitro benzene ring substituents is 1. The van der Waals surface area contributed by atoms with E-state index < -0.39 is 0 Å². The highest BCUT2D eigenvalue weighted by molar-refractivity contribution is 9.09. The third kappa shape index (κ3) is 2.96. The number of nitrogens with zero attached hydrogens (tertiary/aromatic N) is 1.